The number of ether oxygens (including phenoxy) is 5. The first-order chi connectivity index (χ1) is 21.6. The van der Waals surface area contributed by atoms with Crippen molar-refractivity contribution in [2.24, 2.45) is 0 Å². The smallest absolute Gasteiger partial charge is 0.338 e. The van der Waals surface area contributed by atoms with Crippen molar-refractivity contribution in [1.29, 1.82) is 0 Å². The van der Waals surface area contributed by atoms with Crippen molar-refractivity contribution in [2.75, 3.05) is 33.0 Å². The summed E-state index contributed by atoms with van der Waals surface area (Å²) in [6, 6.07) is 25.8. The molecule has 0 radical (unpaired) electrons. The van der Waals surface area contributed by atoms with E-state index in [0.717, 1.165) is 0 Å². The molecule has 3 rings (SSSR count). The number of hydrogen-bond acceptors (Lipinski definition) is 9. The highest BCUT2D eigenvalue weighted by molar-refractivity contribution is 5.90. The number of hydrogen-bond donors (Lipinski definition) is 1. The zero-order chi connectivity index (χ0) is 32.8. The molecule has 0 aliphatic carbocycles. The third-order valence-corrected chi connectivity index (χ3v) is 7.81. The lowest BCUT2D eigenvalue weighted by atomic mass is 10.0. The van der Waals surface area contributed by atoms with E-state index in [4.69, 9.17) is 23.7 Å². The van der Waals surface area contributed by atoms with Gasteiger partial charge in [0.25, 0.3) is 0 Å². The van der Waals surface area contributed by atoms with E-state index in [1.54, 1.807) is 98.8 Å². The van der Waals surface area contributed by atoms with Crippen LogP contribution in [0.3, 0.4) is 0 Å². The second kappa shape index (κ2) is 16.9. The van der Waals surface area contributed by atoms with Gasteiger partial charge in [-0.2, -0.15) is 0 Å². The van der Waals surface area contributed by atoms with E-state index in [1.807, 2.05) is 19.9 Å². The molecule has 0 amide bonds. The molecule has 0 fully saturated rings. The van der Waals surface area contributed by atoms with Crippen LogP contribution in [-0.2, 0) is 23.7 Å². The number of rotatable bonds is 18. The first kappa shape index (κ1) is 35.4. The molecule has 3 aromatic rings. The maximum atomic E-state index is 13.2. The third-order valence-electron chi connectivity index (χ3n) is 7.81. The van der Waals surface area contributed by atoms with Gasteiger partial charge >= 0.3 is 17.9 Å². The monoisotopic (exact) mass is 620 g/mol. The summed E-state index contributed by atoms with van der Waals surface area (Å²) in [6.07, 6.45) is 1.08. The second-order valence-corrected chi connectivity index (χ2v) is 11.3. The van der Waals surface area contributed by atoms with Crippen molar-refractivity contribution in [2.45, 2.75) is 63.8 Å². The van der Waals surface area contributed by atoms with Crippen molar-refractivity contribution in [3.63, 3.8) is 0 Å². The molecule has 0 aliphatic rings. The molecule has 3 unspecified atom stereocenters. The molecule has 45 heavy (non-hydrogen) atoms. The van der Waals surface area contributed by atoms with Gasteiger partial charge in [-0.25, -0.2) is 14.4 Å². The standard InChI is InChI=1S/C36H44O9/c1-5-34(4,43-31(38)28-17-11-8-12-18-28)24-41-26-36(7-3,45-33(40)30-21-15-10-16-22-30)27-42-25-35(6-2,23-37)44-32(39)29-19-13-9-14-20-29/h8-22,37H,5-7,23-27H2,1-4H3. The Balaban J connectivity index is 1.74. The fraction of sp³-hybridized carbons (Fsp3) is 0.417. The van der Waals surface area contributed by atoms with Gasteiger partial charge in [-0.3, -0.25) is 0 Å². The lowest BCUT2D eigenvalue weighted by Crippen LogP contribution is -2.48. The maximum absolute atomic E-state index is 13.2. The Morgan fingerprint density at radius 1 is 0.533 bits per heavy atom. The van der Waals surface area contributed by atoms with Crippen molar-refractivity contribution in [3.8, 4) is 0 Å². The highest BCUT2D eigenvalue weighted by Gasteiger charge is 2.39. The molecule has 3 atom stereocenters. The molecule has 1 N–H and O–H groups in total. The van der Waals surface area contributed by atoms with Crippen LogP contribution in [0, 0.1) is 0 Å². The Hall–Kier alpha value is -4.05. The van der Waals surface area contributed by atoms with E-state index in [9.17, 15) is 19.5 Å². The number of carbonyl (C=O) groups excluding carboxylic acids is 3. The molecular weight excluding hydrogens is 576 g/mol. The molecule has 0 saturated carbocycles. The van der Waals surface area contributed by atoms with E-state index in [1.165, 1.54) is 0 Å². The topological polar surface area (TPSA) is 118 Å². The molecule has 0 saturated heterocycles. The van der Waals surface area contributed by atoms with E-state index in [2.05, 4.69) is 0 Å². The van der Waals surface area contributed by atoms with Crippen LogP contribution in [0.4, 0.5) is 0 Å². The quantitative estimate of drug-likeness (QED) is 0.134. The summed E-state index contributed by atoms with van der Waals surface area (Å²) in [6.45, 7) is 6.54. The van der Waals surface area contributed by atoms with Gasteiger partial charge in [-0.15, -0.1) is 0 Å². The lowest BCUT2D eigenvalue weighted by Gasteiger charge is -2.36. The van der Waals surface area contributed by atoms with Gasteiger partial charge in [0.1, 0.15) is 5.60 Å². The van der Waals surface area contributed by atoms with Gasteiger partial charge in [0.15, 0.2) is 11.2 Å². The zero-order valence-corrected chi connectivity index (χ0v) is 26.5. The minimum Gasteiger partial charge on any atom is -0.453 e. The highest BCUT2D eigenvalue weighted by Crippen LogP contribution is 2.26. The number of carbonyl (C=O) groups is 3. The Labute approximate surface area is 265 Å². The minimum absolute atomic E-state index is 0.0386. The Bertz CT molecular complexity index is 1340. The molecule has 9 heteroatoms. The normalized spacial score (nSPS) is 15.1. The lowest BCUT2D eigenvalue weighted by molar-refractivity contribution is -0.149. The minimum atomic E-state index is -1.32. The Morgan fingerprint density at radius 3 is 1.27 bits per heavy atom. The average molecular weight is 621 g/mol. The second-order valence-electron chi connectivity index (χ2n) is 11.3. The molecule has 0 aliphatic heterocycles. The zero-order valence-electron chi connectivity index (χ0n) is 26.5. The average Bonchev–Trinajstić information content (AvgIpc) is 3.08. The predicted octanol–water partition coefficient (Wildman–Crippen LogP) is 6.05. The highest BCUT2D eigenvalue weighted by atomic mass is 16.6. The van der Waals surface area contributed by atoms with Crippen LogP contribution in [0.5, 0.6) is 0 Å². The molecule has 0 heterocycles. The van der Waals surface area contributed by atoms with Gasteiger partial charge in [0.2, 0.25) is 0 Å². The molecule has 242 valence electrons. The van der Waals surface area contributed by atoms with Gasteiger partial charge in [0, 0.05) is 0 Å². The maximum Gasteiger partial charge on any atom is 0.338 e. The van der Waals surface area contributed by atoms with E-state index in [0.29, 0.717) is 29.5 Å². The van der Waals surface area contributed by atoms with E-state index >= 15 is 0 Å². The molecule has 3 aromatic carbocycles. The molecule has 9 nitrogen and oxygen atoms in total. The number of esters is 3. The largest absolute Gasteiger partial charge is 0.453 e. The van der Waals surface area contributed by atoms with Gasteiger partial charge in [-0.1, -0.05) is 75.4 Å². The van der Waals surface area contributed by atoms with Crippen molar-refractivity contribution in [3.05, 3.63) is 108 Å². The molecule has 0 bridgehead atoms. The fourth-order valence-electron chi connectivity index (χ4n) is 4.37. The summed E-state index contributed by atoms with van der Waals surface area (Å²) in [5.41, 5.74) is -2.37. The van der Waals surface area contributed by atoms with Crippen LogP contribution in [0.25, 0.3) is 0 Å². The summed E-state index contributed by atoms with van der Waals surface area (Å²) >= 11 is 0. The van der Waals surface area contributed by atoms with Crippen LogP contribution in [0.2, 0.25) is 0 Å². The van der Waals surface area contributed by atoms with Crippen molar-refractivity contribution in [1.82, 2.24) is 0 Å². The molecule has 0 spiro atoms. The van der Waals surface area contributed by atoms with Gasteiger partial charge in [-0.05, 0) is 62.6 Å². The molecule has 0 aromatic heterocycles. The van der Waals surface area contributed by atoms with Gasteiger partial charge in [0.05, 0.1) is 49.7 Å². The SMILES string of the molecule is CCC(C)(COCC(CC)(COCC(CC)(CO)OC(=O)c1ccccc1)OC(=O)c1ccccc1)OC(=O)c1ccccc1. The summed E-state index contributed by atoms with van der Waals surface area (Å²) in [7, 11) is 0. The van der Waals surface area contributed by atoms with Crippen molar-refractivity contribution < 1.29 is 43.2 Å². The number of aliphatic hydroxyl groups is 1. The molecular formula is C36H44O9. The van der Waals surface area contributed by atoms with Crippen LogP contribution >= 0.6 is 0 Å². The Morgan fingerprint density at radius 2 is 0.889 bits per heavy atom. The predicted molar refractivity (Wildman–Crippen MR) is 169 cm³/mol. The fourth-order valence-corrected chi connectivity index (χ4v) is 4.37. The summed E-state index contributed by atoms with van der Waals surface area (Å²) in [5.74, 6) is -1.61. The first-order valence-electron chi connectivity index (χ1n) is 15.2. The summed E-state index contributed by atoms with van der Waals surface area (Å²) < 4.78 is 29.8. The van der Waals surface area contributed by atoms with E-state index < -0.39 is 41.3 Å². The van der Waals surface area contributed by atoms with Gasteiger partial charge < -0.3 is 28.8 Å². The van der Waals surface area contributed by atoms with E-state index in [-0.39, 0.29) is 32.8 Å². The van der Waals surface area contributed by atoms with Crippen LogP contribution in [0.15, 0.2) is 91.0 Å². The van der Waals surface area contributed by atoms with Crippen LogP contribution < -0.4 is 0 Å². The first-order valence-corrected chi connectivity index (χ1v) is 15.2. The number of benzene rings is 3. The third kappa shape index (κ3) is 10.2. The van der Waals surface area contributed by atoms with Crippen LogP contribution in [0.1, 0.15) is 78.0 Å². The van der Waals surface area contributed by atoms with Crippen LogP contribution in [-0.4, -0.2) is 72.9 Å². The summed E-state index contributed by atoms with van der Waals surface area (Å²) in [4.78, 5) is 38.8. The van der Waals surface area contributed by atoms with Crippen molar-refractivity contribution >= 4 is 17.9 Å². The number of aliphatic hydroxyl groups excluding tert-OH is 1. The Kier molecular flexibility index (Phi) is 13.3. The summed E-state index contributed by atoms with van der Waals surface area (Å²) in [5, 5.41) is 10.3.